The molecule has 1 fully saturated rings. The Labute approximate surface area is 119 Å². The average molecular weight is 280 g/mol. The van der Waals surface area contributed by atoms with E-state index >= 15 is 0 Å². The first-order chi connectivity index (χ1) is 9.41. The van der Waals surface area contributed by atoms with Crippen LogP contribution < -0.4 is 5.73 Å². The second kappa shape index (κ2) is 5.83. The van der Waals surface area contributed by atoms with Gasteiger partial charge in [0.05, 0.1) is 29.2 Å². The third-order valence-corrected chi connectivity index (χ3v) is 4.31. The average Bonchev–Trinajstić information content (AvgIpc) is 2.66. The molecular weight excluding hydrogens is 256 g/mol. The number of aryl methyl sites for hydroxylation is 1. The summed E-state index contributed by atoms with van der Waals surface area (Å²) in [4.78, 5) is 14.0. The molecule has 3 N–H and O–H groups in total. The van der Waals surface area contributed by atoms with Crippen LogP contribution in [-0.2, 0) is 11.3 Å². The van der Waals surface area contributed by atoms with Gasteiger partial charge in [0.25, 0.3) is 0 Å². The molecule has 20 heavy (non-hydrogen) atoms. The molecule has 0 radical (unpaired) electrons. The molecule has 1 aromatic heterocycles. The van der Waals surface area contributed by atoms with Gasteiger partial charge >= 0.3 is 0 Å². The number of nitrogens with two attached hydrogens (primary N) is 1. The van der Waals surface area contributed by atoms with Gasteiger partial charge in [0.2, 0.25) is 5.91 Å². The Bertz CT molecular complexity index is 498. The molecule has 0 bridgehead atoms. The van der Waals surface area contributed by atoms with Crippen LogP contribution in [0.1, 0.15) is 37.1 Å². The molecule has 1 aliphatic rings. The SMILES string of the molecule is Cc1nn(CC(=O)N(C)C2CCCCC2O)c(C)c1N. The van der Waals surface area contributed by atoms with Crippen LogP contribution in [0.25, 0.3) is 0 Å². The second-order valence-corrected chi connectivity index (χ2v) is 5.67. The molecule has 1 saturated carbocycles. The van der Waals surface area contributed by atoms with Gasteiger partial charge in [0, 0.05) is 7.05 Å². The highest BCUT2D eigenvalue weighted by atomic mass is 16.3. The predicted molar refractivity (Wildman–Crippen MR) is 77.1 cm³/mol. The molecule has 2 rings (SSSR count). The van der Waals surface area contributed by atoms with E-state index in [0.29, 0.717) is 5.69 Å². The second-order valence-electron chi connectivity index (χ2n) is 5.67. The Morgan fingerprint density at radius 2 is 2.10 bits per heavy atom. The van der Waals surface area contributed by atoms with Crippen molar-refractivity contribution in [3.63, 3.8) is 0 Å². The molecule has 6 heteroatoms. The lowest BCUT2D eigenvalue weighted by Gasteiger charge is -2.35. The molecule has 1 amide bonds. The monoisotopic (exact) mass is 280 g/mol. The van der Waals surface area contributed by atoms with Gasteiger partial charge in [-0.05, 0) is 26.7 Å². The Balaban J connectivity index is 2.05. The standard InChI is InChI=1S/C14H24N4O2/c1-9-14(15)10(2)18(16-9)8-13(20)17(3)11-6-4-5-7-12(11)19/h11-12,19H,4-8,15H2,1-3H3. The van der Waals surface area contributed by atoms with Gasteiger partial charge < -0.3 is 15.7 Å². The normalized spacial score (nSPS) is 22.8. The van der Waals surface area contributed by atoms with Crippen LogP contribution in [0.3, 0.4) is 0 Å². The number of likely N-dealkylation sites (N-methyl/N-ethyl adjacent to an activating group) is 1. The fraction of sp³-hybridized carbons (Fsp3) is 0.714. The Hall–Kier alpha value is -1.56. The Morgan fingerprint density at radius 1 is 1.45 bits per heavy atom. The topological polar surface area (TPSA) is 84.4 Å². The van der Waals surface area contributed by atoms with E-state index in [4.69, 9.17) is 5.73 Å². The van der Waals surface area contributed by atoms with E-state index in [2.05, 4.69) is 5.10 Å². The van der Waals surface area contributed by atoms with Crippen LogP contribution in [0.4, 0.5) is 5.69 Å². The van der Waals surface area contributed by atoms with Gasteiger partial charge in [-0.3, -0.25) is 9.48 Å². The van der Waals surface area contributed by atoms with E-state index < -0.39 is 6.10 Å². The van der Waals surface area contributed by atoms with Crippen LogP contribution >= 0.6 is 0 Å². The highest BCUT2D eigenvalue weighted by Gasteiger charge is 2.29. The Kier molecular flexibility index (Phi) is 4.32. The molecule has 1 aromatic rings. The van der Waals surface area contributed by atoms with Crippen LogP contribution in [0, 0.1) is 13.8 Å². The number of aliphatic hydroxyl groups excluding tert-OH is 1. The maximum absolute atomic E-state index is 12.3. The van der Waals surface area contributed by atoms with E-state index in [-0.39, 0.29) is 18.5 Å². The number of amides is 1. The number of nitrogen functional groups attached to an aromatic ring is 1. The van der Waals surface area contributed by atoms with Crippen LogP contribution in [0.15, 0.2) is 0 Å². The lowest BCUT2D eigenvalue weighted by Crippen LogP contribution is -2.47. The minimum atomic E-state index is -0.414. The van der Waals surface area contributed by atoms with Crippen molar-refractivity contribution >= 4 is 11.6 Å². The molecule has 2 atom stereocenters. The minimum Gasteiger partial charge on any atom is -0.396 e. The van der Waals surface area contributed by atoms with Gasteiger partial charge in [0.15, 0.2) is 0 Å². The van der Waals surface area contributed by atoms with Gasteiger partial charge in [-0.25, -0.2) is 0 Å². The summed E-state index contributed by atoms with van der Waals surface area (Å²) in [7, 11) is 1.76. The number of carbonyl (C=O) groups is 1. The van der Waals surface area contributed by atoms with Crippen molar-refractivity contribution in [2.24, 2.45) is 0 Å². The number of aliphatic hydroxyl groups is 1. The Morgan fingerprint density at radius 3 is 2.65 bits per heavy atom. The van der Waals surface area contributed by atoms with E-state index in [9.17, 15) is 9.90 Å². The van der Waals surface area contributed by atoms with Crippen molar-refractivity contribution in [3.05, 3.63) is 11.4 Å². The van der Waals surface area contributed by atoms with Crippen molar-refractivity contribution in [1.82, 2.24) is 14.7 Å². The fourth-order valence-corrected chi connectivity index (χ4v) is 2.83. The summed E-state index contributed by atoms with van der Waals surface area (Å²) in [5, 5.41) is 14.3. The molecule has 0 aliphatic heterocycles. The lowest BCUT2D eigenvalue weighted by molar-refractivity contribution is -0.136. The van der Waals surface area contributed by atoms with Crippen molar-refractivity contribution in [2.75, 3.05) is 12.8 Å². The predicted octanol–water partition coefficient (Wildman–Crippen LogP) is 0.844. The number of nitrogens with zero attached hydrogens (tertiary/aromatic N) is 3. The summed E-state index contributed by atoms with van der Waals surface area (Å²) < 4.78 is 1.64. The molecule has 6 nitrogen and oxygen atoms in total. The number of hydrogen-bond donors (Lipinski definition) is 2. The first-order valence-electron chi connectivity index (χ1n) is 7.15. The molecule has 1 heterocycles. The van der Waals surface area contributed by atoms with E-state index in [1.165, 1.54) is 0 Å². The van der Waals surface area contributed by atoms with Crippen LogP contribution in [0.5, 0.6) is 0 Å². The molecule has 0 saturated heterocycles. The zero-order valence-electron chi connectivity index (χ0n) is 12.5. The van der Waals surface area contributed by atoms with E-state index in [0.717, 1.165) is 37.1 Å². The number of carbonyl (C=O) groups excluding carboxylic acids is 1. The van der Waals surface area contributed by atoms with Crippen molar-refractivity contribution in [2.45, 2.75) is 58.2 Å². The summed E-state index contributed by atoms with van der Waals surface area (Å²) in [5.41, 5.74) is 8.07. The quantitative estimate of drug-likeness (QED) is 0.859. The van der Waals surface area contributed by atoms with Crippen molar-refractivity contribution in [1.29, 1.82) is 0 Å². The summed E-state index contributed by atoms with van der Waals surface area (Å²) in [6.45, 7) is 3.86. The summed E-state index contributed by atoms with van der Waals surface area (Å²) in [5.74, 6) is -0.0402. The first kappa shape index (κ1) is 14.8. The molecule has 1 aliphatic carbocycles. The maximum atomic E-state index is 12.3. The van der Waals surface area contributed by atoms with Crippen molar-refractivity contribution < 1.29 is 9.90 Å². The molecule has 112 valence electrons. The van der Waals surface area contributed by atoms with Gasteiger partial charge in [-0.2, -0.15) is 5.10 Å². The minimum absolute atomic E-state index is 0.0402. The summed E-state index contributed by atoms with van der Waals surface area (Å²) >= 11 is 0. The summed E-state index contributed by atoms with van der Waals surface area (Å²) in [6, 6.07) is -0.0782. The number of aromatic nitrogens is 2. The largest absolute Gasteiger partial charge is 0.396 e. The van der Waals surface area contributed by atoms with Crippen molar-refractivity contribution in [3.8, 4) is 0 Å². The van der Waals surface area contributed by atoms with E-state index in [1.807, 2.05) is 13.8 Å². The molecule has 2 unspecified atom stereocenters. The zero-order chi connectivity index (χ0) is 14.9. The lowest BCUT2D eigenvalue weighted by atomic mass is 9.91. The van der Waals surface area contributed by atoms with Crippen LogP contribution in [0.2, 0.25) is 0 Å². The number of anilines is 1. The molecule has 0 aromatic carbocycles. The van der Waals surface area contributed by atoms with E-state index in [1.54, 1.807) is 16.6 Å². The highest BCUT2D eigenvalue weighted by Crippen LogP contribution is 2.23. The number of hydrogen-bond acceptors (Lipinski definition) is 4. The summed E-state index contributed by atoms with van der Waals surface area (Å²) in [6.07, 6.45) is 3.32. The smallest absolute Gasteiger partial charge is 0.244 e. The third kappa shape index (κ3) is 2.80. The van der Waals surface area contributed by atoms with Gasteiger partial charge in [-0.1, -0.05) is 12.8 Å². The van der Waals surface area contributed by atoms with Crippen LogP contribution in [-0.4, -0.2) is 44.9 Å². The molecular formula is C14H24N4O2. The third-order valence-electron chi connectivity index (χ3n) is 4.31. The van der Waals surface area contributed by atoms with Gasteiger partial charge in [-0.15, -0.1) is 0 Å². The first-order valence-corrected chi connectivity index (χ1v) is 7.15. The maximum Gasteiger partial charge on any atom is 0.244 e. The molecule has 0 spiro atoms. The van der Waals surface area contributed by atoms with Gasteiger partial charge in [0.1, 0.15) is 6.54 Å². The fourth-order valence-electron chi connectivity index (χ4n) is 2.83. The highest BCUT2D eigenvalue weighted by molar-refractivity contribution is 5.76. The number of rotatable bonds is 3. The zero-order valence-corrected chi connectivity index (χ0v) is 12.5.